The Morgan fingerprint density at radius 1 is 1.19 bits per heavy atom. The highest BCUT2D eigenvalue weighted by Gasteiger charge is 2.15. The lowest BCUT2D eigenvalue weighted by Crippen LogP contribution is -2.29. The Kier molecular flexibility index (Phi) is 5.50. The second-order valence-corrected chi connectivity index (χ2v) is 6.64. The van der Waals surface area contributed by atoms with Crippen molar-refractivity contribution in [3.8, 4) is 0 Å². The largest absolute Gasteiger partial charge is 0.371 e. The van der Waals surface area contributed by atoms with Crippen molar-refractivity contribution >= 4 is 23.2 Å². The maximum Gasteiger partial charge on any atom is 0.277 e. The third kappa shape index (κ3) is 4.38. The average molecular weight is 356 g/mol. The van der Waals surface area contributed by atoms with Crippen LogP contribution in [-0.2, 0) is 11.3 Å². The molecule has 0 atom stereocenters. The maximum absolute atomic E-state index is 12.4. The summed E-state index contributed by atoms with van der Waals surface area (Å²) in [5.41, 5.74) is 2.01. The molecule has 0 spiro atoms. The number of carbonyl (C=O) groups excluding carboxylic acids is 2. The number of hydrogen-bond acceptors (Lipinski definition) is 5. The van der Waals surface area contributed by atoms with E-state index < -0.39 is 0 Å². The fraction of sp³-hybridized carbons (Fsp3) is 0.444. The number of nitrogens with one attached hydrogen (secondary N) is 1. The molecule has 138 valence electrons. The molecule has 1 saturated heterocycles. The van der Waals surface area contributed by atoms with Crippen molar-refractivity contribution in [3.05, 3.63) is 36.2 Å². The second-order valence-electron chi connectivity index (χ2n) is 6.64. The predicted molar refractivity (Wildman–Crippen MR) is 99.2 cm³/mol. The first kappa shape index (κ1) is 17.9. The lowest BCUT2D eigenvalue weighted by Gasteiger charge is -2.29. The molecule has 2 amide bonds. The summed E-state index contributed by atoms with van der Waals surface area (Å²) in [4.78, 5) is 27.9. The lowest BCUT2D eigenvalue weighted by molar-refractivity contribution is -0.129. The zero-order chi connectivity index (χ0) is 18.5. The van der Waals surface area contributed by atoms with E-state index in [0.29, 0.717) is 0 Å². The summed E-state index contributed by atoms with van der Waals surface area (Å²) in [5.74, 6) is -0.458. The third-order valence-electron chi connectivity index (χ3n) is 4.39. The summed E-state index contributed by atoms with van der Waals surface area (Å²) < 4.78 is 1.36. The molecule has 2 heterocycles. The monoisotopic (exact) mass is 356 g/mol. The molecule has 3 rings (SSSR count). The van der Waals surface area contributed by atoms with Crippen molar-refractivity contribution in [1.82, 2.24) is 19.9 Å². The molecule has 0 saturated carbocycles. The molecular formula is C18H24N6O2. The summed E-state index contributed by atoms with van der Waals surface area (Å²) in [7, 11) is 3.34. The Balaban J connectivity index is 1.64. The highest BCUT2D eigenvalue weighted by molar-refractivity contribution is 6.02. The van der Waals surface area contributed by atoms with Crippen LogP contribution >= 0.6 is 0 Å². The van der Waals surface area contributed by atoms with Gasteiger partial charge in [0.2, 0.25) is 5.91 Å². The topological polar surface area (TPSA) is 83.4 Å². The van der Waals surface area contributed by atoms with E-state index in [1.807, 2.05) is 18.2 Å². The van der Waals surface area contributed by atoms with Gasteiger partial charge in [0.05, 0.1) is 6.20 Å². The second kappa shape index (κ2) is 7.99. The van der Waals surface area contributed by atoms with E-state index in [2.05, 4.69) is 26.6 Å². The zero-order valence-corrected chi connectivity index (χ0v) is 15.2. The van der Waals surface area contributed by atoms with E-state index in [0.717, 1.165) is 24.5 Å². The molecule has 8 nitrogen and oxygen atoms in total. The molecule has 1 aliphatic rings. The SMILES string of the molecule is CN(C)C(=O)Cn1cc(C(=O)Nc2cccc(N3CCCCC3)c2)nn1. The molecule has 0 bridgehead atoms. The van der Waals surface area contributed by atoms with Crippen molar-refractivity contribution < 1.29 is 9.59 Å². The normalized spacial score (nSPS) is 14.2. The molecule has 1 fully saturated rings. The molecule has 1 aromatic heterocycles. The van der Waals surface area contributed by atoms with Crippen molar-refractivity contribution in [1.29, 1.82) is 0 Å². The van der Waals surface area contributed by atoms with Crippen LogP contribution in [-0.4, -0.2) is 58.9 Å². The molecule has 26 heavy (non-hydrogen) atoms. The summed E-state index contributed by atoms with van der Waals surface area (Å²) in [6.07, 6.45) is 5.15. The average Bonchev–Trinajstić information content (AvgIpc) is 3.11. The number of amides is 2. The van der Waals surface area contributed by atoms with Crippen molar-refractivity contribution in [2.75, 3.05) is 37.4 Å². The van der Waals surface area contributed by atoms with E-state index >= 15 is 0 Å². The van der Waals surface area contributed by atoms with Crippen LogP contribution in [0.1, 0.15) is 29.8 Å². The van der Waals surface area contributed by atoms with Gasteiger partial charge >= 0.3 is 0 Å². The van der Waals surface area contributed by atoms with Gasteiger partial charge in [0.1, 0.15) is 6.54 Å². The van der Waals surface area contributed by atoms with Crippen LogP contribution in [0.2, 0.25) is 0 Å². The van der Waals surface area contributed by atoms with Crippen LogP contribution in [0.4, 0.5) is 11.4 Å². The van der Waals surface area contributed by atoms with E-state index in [-0.39, 0.29) is 24.1 Å². The number of likely N-dealkylation sites (N-methyl/N-ethyl adjacent to an activating group) is 1. The van der Waals surface area contributed by atoms with Crippen LogP contribution in [0.15, 0.2) is 30.5 Å². The Bertz CT molecular complexity index is 779. The van der Waals surface area contributed by atoms with Gasteiger partial charge in [-0.05, 0) is 37.5 Å². The Hall–Kier alpha value is -2.90. The van der Waals surface area contributed by atoms with Gasteiger partial charge in [0.25, 0.3) is 5.91 Å². The number of aromatic nitrogens is 3. The number of benzene rings is 1. The molecule has 8 heteroatoms. The molecule has 2 aromatic rings. The molecule has 0 aliphatic carbocycles. The first-order valence-corrected chi connectivity index (χ1v) is 8.79. The van der Waals surface area contributed by atoms with Crippen molar-refractivity contribution in [2.24, 2.45) is 0 Å². The van der Waals surface area contributed by atoms with Gasteiger partial charge in [-0.1, -0.05) is 11.3 Å². The molecule has 1 aliphatic heterocycles. The number of hydrogen-bond donors (Lipinski definition) is 1. The smallest absolute Gasteiger partial charge is 0.277 e. The molecule has 1 N–H and O–H groups in total. The predicted octanol–water partition coefficient (Wildman–Crippen LogP) is 1.61. The molecule has 0 radical (unpaired) electrons. The van der Waals surface area contributed by atoms with Crippen molar-refractivity contribution in [3.63, 3.8) is 0 Å². The fourth-order valence-corrected chi connectivity index (χ4v) is 2.89. The molecule has 1 aromatic carbocycles. The first-order chi connectivity index (χ1) is 12.5. The van der Waals surface area contributed by atoms with E-state index in [9.17, 15) is 9.59 Å². The number of nitrogens with zero attached hydrogens (tertiary/aromatic N) is 5. The maximum atomic E-state index is 12.4. The minimum atomic E-state index is -0.343. The summed E-state index contributed by atoms with van der Waals surface area (Å²) in [5, 5.41) is 10.5. The van der Waals surface area contributed by atoms with Crippen molar-refractivity contribution in [2.45, 2.75) is 25.8 Å². The van der Waals surface area contributed by atoms with Gasteiger partial charge in [-0.25, -0.2) is 4.68 Å². The quantitative estimate of drug-likeness (QED) is 0.880. The van der Waals surface area contributed by atoms with E-state index in [1.165, 1.54) is 35.0 Å². The van der Waals surface area contributed by atoms with Crippen LogP contribution in [0.25, 0.3) is 0 Å². The van der Waals surface area contributed by atoms with Gasteiger partial charge < -0.3 is 15.1 Å². The highest BCUT2D eigenvalue weighted by Crippen LogP contribution is 2.23. The standard InChI is InChI=1S/C18H24N6O2/c1-22(2)17(25)13-24-12-16(20-21-24)18(26)19-14-7-6-8-15(11-14)23-9-4-3-5-10-23/h6-8,11-12H,3-5,9-10,13H2,1-2H3,(H,19,26). The van der Waals surface area contributed by atoms with Gasteiger partial charge in [-0.3, -0.25) is 9.59 Å². The van der Waals surface area contributed by atoms with Gasteiger partial charge in [0, 0.05) is 38.6 Å². The zero-order valence-electron chi connectivity index (χ0n) is 15.2. The number of carbonyl (C=O) groups is 2. The fourth-order valence-electron chi connectivity index (χ4n) is 2.89. The lowest BCUT2D eigenvalue weighted by atomic mass is 10.1. The highest BCUT2D eigenvalue weighted by atomic mass is 16.2. The van der Waals surface area contributed by atoms with Gasteiger partial charge in [-0.2, -0.15) is 0 Å². The summed E-state index contributed by atoms with van der Waals surface area (Å²) >= 11 is 0. The van der Waals surface area contributed by atoms with Crippen LogP contribution in [0.3, 0.4) is 0 Å². The molecule has 0 unspecified atom stereocenters. The Morgan fingerprint density at radius 3 is 2.69 bits per heavy atom. The van der Waals surface area contributed by atoms with Gasteiger partial charge in [-0.15, -0.1) is 5.10 Å². The minimum absolute atomic E-state index is 0.0533. The first-order valence-electron chi connectivity index (χ1n) is 8.79. The Morgan fingerprint density at radius 2 is 1.96 bits per heavy atom. The number of anilines is 2. The van der Waals surface area contributed by atoms with Crippen LogP contribution in [0.5, 0.6) is 0 Å². The summed E-state index contributed by atoms with van der Waals surface area (Å²) in [6.45, 7) is 2.15. The van der Waals surface area contributed by atoms with Crippen LogP contribution in [0, 0.1) is 0 Å². The Labute approximate surface area is 152 Å². The summed E-state index contributed by atoms with van der Waals surface area (Å²) in [6, 6.07) is 7.82. The number of rotatable bonds is 5. The van der Waals surface area contributed by atoms with E-state index in [1.54, 1.807) is 14.1 Å². The number of piperidine rings is 1. The van der Waals surface area contributed by atoms with Gasteiger partial charge in [0.15, 0.2) is 5.69 Å². The minimum Gasteiger partial charge on any atom is -0.371 e. The molecular weight excluding hydrogens is 332 g/mol. The van der Waals surface area contributed by atoms with E-state index in [4.69, 9.17) is 0 Å². The van der Waals surface area contributed by atoms with Crippen LogP contribution < -0.4 is 10.2 Å². The third-order valence-corrected chi connectivity index (χ3v) is 4.39.